The first-order chi connectivity index (χ1) is 15.4. The smallest absolute Gasteiger partial charge is 0.257 e. The average Bonchev–Trinajstić information content (AvgIpc) is 3.27. The van der Waals surface area contributed by atoms with Crippen LogP contribution in [-0.2, 0) is 4.79 Å². The molecule has 2 aliphatic rings. The number of thiocarbonyl (C=S) groups is 1. The first-order valence-corrected chi connectivity index (χ1v) is 11.0. The lowest BCUT2D eigenvalue weighted by atomic mass is 10.1. The molecule has 0 radical (unpaired) electrons. The fraction of sp³-hybridized carbons (Fsp3) is 0.348. The summed E-state index contributed by atoms with van der Waals surface area (Å²) in [6.07, 6.45) is 0. The predicted molar refractivity (Wildman–Crippen MR) is 126 cm³/mol. The lowest BCUT2D eigenvalue weighted by Crippen LogP contribution is -2.49. The summed E-state index contributed by atoms with van der Waals surface area (Å²) < 4.78 is 10.6. The summed E-state index contributed by atoms with van der Waals surface area (Å²) in [6, 6.07) is 12.8. The van der Waals surface area contributed by atoms with Gasteiger partial charge < -0.3 is 24.6 Å². The van der Waals surface area contributed by atoms with E-state index >= 15 is 0 Å². The second-order valence-corrected chi connectivity index (χ2v) is 8.40. The van der Waals surface area contributed by atoms with Crippen molar-refractivity contribution in [3.8, 4) is 11.5 Å². The van der Waals surface area contributed by atoms with Gasteiger partial charge in [0.25, 0.3) is 5.91 Å². The van der Waals surface area contributed by atoms with Gasteiger partial charge in [-0.05, 0) is 54.7 Å². The molecule has 0 spiro atoms. The minimum atomic E-state index is -0.328. The van der Waals surface area contributed by atoms with Crippen LogP contribution in [-0.4, -0.2) is 54.8 Å². The van der Waals surface area contributed by atoms with Crippen LogP contribution in [0.15, 0.2) is 42.5 Å². The van der Waals surface area contributed by atoms with Crippen LogP contribution in [0, 0.1) is 5.92 Å². The van der Waals surface area contributed by atoms with Crippen LogP contribution in [0.25, 0.3) is 0 Å². The Kier molecular flexibility index (Phi) is 6.45. The summed E-state index contributed by atoms with van der Waals surface area (Å²) in [7, 11) is 0. The van der Waals surface area contributed by atoms with Crippen molar-refractivity contribution in [1.82, 2.24) is 10.2 Å². The number of nitrogens with zero attached hydrogens (tertiary/aromatic N) is 2. The summed E-state index contributed by atoms with van der Waals surface area (Å²) in [5.74, 6) is 1.07. The number of hydrogen-bond donors (Lipinski definition) is 2. The van der Waals surface area contributed by atoms with E-state index in [0.29, 0.717) is 17.1 Å². The molecule has 0 atom stereocenters. The highest BCUT2D eigenvalue weighted by Crippen LogP contribution is 2.32. The van der Waals surface area contributed by atoms with Crippen molar-refractivity contribution in [2.45, 2.75) is 13.8 Å². The molecule has 0 aliphatic carbocycles. The van der Waals surface area contributed by atoms with Crippen molar-refractivity contribution in [1.29, 1.82) is 0 Å². The number of amides is 2. The molecule has 2 heterocycles. The van der Waals surface area contributed by atoms with Crippen LogP contribution < -0.4 is 25.0 Å². The zero-order valence-electron chi connectivity index (χ0n) is 18.1. The Hall–Kier alpha value is -3.33. The van der Waals surface area contributed by atoms with Gasteiger partial charge in [-0.25, -0.2) is 0 Å². The first-order valence-electron chi connectivity index (χ1n) is 10.6. The van der Waals surface area contributed by atoms with Crippen LogP contribution in [0.2, 0.25) is 0 Å². The Balaban J connectivity index is 1.28. The summed E-state index contributed by atoms with van der Waals surface area (Å²) in [6.45, 7) is 7.08. The molecule has 2 N–H and O–H groups in total. The SMILES string of the molecule is CC(C)C(=O)N1CCN(c2ccc(NC(=S)NC(=O)c3ccc4c(c3)OCO4)cc2)CC1. The van der Waals surface area contributed by atoms with Crippen molar-refractivity contribution < 1.29 is 19.1 Å². The molecule has 0 unspecified atom stereocenters. The molecule has 2 amide bonds. The van der Waals surface area contributed by atoms with Gasteiger partial charge in [-0.15, -0.1) is 0 Å². The van der Waals surface area contributed by atoms with Gasteiger partial charge >= 0.3 is 0 Å². The number of anilines is 2. The predicted octanol–water partition coefficient (Wildman–Crippen LogP) is 2.85. The molecule has 1 saturated heterocycles. The van der Waals surface area contributed by atoms with Gasteiger partial charge in [0, 0.05) is 49.0 Å². The van der Waals surface area contributed by atoms with Crippen LogP contribution in [0.1, 0.15) is 24.2 Å². The van der Waals surface area contributed by atoms with Crippen LogP contribution in [0.5, 0.6) is 11.5 Å². The van der Waals surface area contributed by atoms with Gasteiger partial charge in [0.1, 0.15) is 0 Å². The summed E-state index contributed by atoms with van der Waals surface area (Å²) in [5, 5.41) is 5.92. The van der Waals surface area contributed by atoms with E-state index in [1.807, 2.05) is 43.0 Å². The number of carbonyl (C=O) groups excluding carboxylic acids is 2. The molecule has 8 nitrogen and oxygen atoms in total. The van der Waals surface area contributed by atoms with Gasteiger partial charge in [0.2, 0.25) is 12.7 Å². The van der Waals surface area contributed by atoms with E-state index < -0.39 is 0 Å². The number of nitrogens with one attached hydrogen (secondary N) is 2. The molecule has 0 aromatic heterocycles. The Morgan fingerprint density at radius 2 is 1.66 bits per heavy atom. The number of rotatable bonds is 4. The Bertz CT molecular complexity index is 1020. The highest BCUT2D eigenvalue weighted by atomic mass is 32.1. The molecule has 2 aromatic rings. The summed E-state index contributed by atoms with van der Waals surface area (Å²) >= 11 is 5.28. The molecule has 2 aliphatic heterocycles. The van der Waals surface area contributed by atoms with Crippen LogP contribution >= 0.6 is 12.2 Å². The Morgan fingerprint density at radius 3 is 2.34 bits per heavy atom. The second-order valence-electron chi connectivity index (χ2n) is 7.99. The molecule has 168 valence electrons. The van der Waals surface area contributed by atoms with E-state index in [1.165, 1.54) is 0 Å². The number of ether oxygens (including phenoxy) is 2. The van der Waals surface area contributed by atoms with Crippen molar-refractivity contribution in [3.05, 3.63) is 48.0 Å². The summed E-state index contributed by atoms with van der Waals surface area (Å²) in [4.78, 5) is 28.8. The monoisotopic (exact) mass is 454 g/mol. The molecule has 4 rings (SSSR count). The zero-order chi connectivity index (χ0) is 22.7. The molecule has 9 heteroatoms. The van der Waals surface area contributed by atoms with E-state index in [4.69, 9.17) is 21.7 Å². The van der Waals surface area contributed by atoms with Crippen molar-refractivity contribution in [2.75, 3.05) is 43.2 Å². The molecule has 0 bridgehead atoms. The standard InChI is InChI=1S/C23H26N4O4S/c1-15(2)22(29)27-11-9-26(10-12-27)18-6-4-17(5-7-18)24-23(32)25-21(28)16-3-8-19-20(13-16)31-14-30-19/h3-8,13,15H,9-12,14H2,1-2H3,(H2,24,25,28,32). The van der Waals surface area contributed by atoms with Gasteiger partial charge in [-0.3, -0.25) is 14.9 Å². The third kappa shape index (κ3) is 4.94. The summed E-state index contributed by atoms with van der Waals surface area (Å²) in [5.41, 5.74) is 2.30. The third-order valence-electron chi connectivity index (χ3n) is 5.44. The quantitative estimate of drug-likeness (QED) is 0.688. The molecular weight excluding hydrogens is 428 g/mol. The van der Waals surface area contributed by atoms with Crippen LogP contribution in [0.4, 0.5) is 11.4 Å². The lowest BCUT2D eigenvalue weighted by Gasteiger charge is -2.37. The topological polar surface area (TPSA) is 83.1 Å². The highest BCUT2D eigenvalue weighted by Gasteiger charge is 2.23. The van der Waals surface area contributed by atoms with E-state index in [1.54, 1.807) is 18.2 Å². The molecule has 2 aromatic carbocycles. The number of piperazine rings is 1. The van der Waals surface area contributed by atoms with Gasteiger partial charge in [-0.1, -0.05) is 13.8 Å². The number of hydrogen-bond acceptors (Lipinski definition) is 6. The second kappa shape index (κ2) is 9.44. The first kappa shape index (κ1) is 21.9. The van der Waals surface area contributed by atoms with E-state index in [-0.39, 0.29) is 29.6 Å². The molecular formula is C23H26N4O4S. The fourth-order valence-corrected chi connectivity index (χ4v) is 3.89. The minimum Gasteiger partial charge on any atom is -0.454 e. The number of fused-ring (bicyclic) bond motifs is 1. The highest BCUT2D eigenvalue weighted by molar-refractivity contribution is 7.80. The maximum atomic E-state index is 12.5. The average molecular weight is 455 g/mol. The lowest BCUT2D eigenvalue weighted by molar-refractivity contribution is -0.134. The largest absolute Gasteiger partial charge is 0.454 e. The third-order valence-corrected chi connectivity index (χ3v) is 5.64. The molecule has 1 fully saturated rings. The minimum absolute atomic E-state index is 0.0290. The Morgan fingerprint density at radius 1 is 0.969 bits per heavy atom. The van der Waals surface area contributed by atoms with E-state index in [0.717, 1.165) is 37.6 Å². The van der Waals surface area contributed by atoms with Crippen molar-refractivity contribution >= 4 is 40.5 Å². The van der Waals surface area contributed by atoms with E-state index in [2.05, 4.69) is 15.5 Å². The maximum absolute atomic E-state index is 12.5. The van der Waals surface area contributed by atoms with E-state index in [9.17, 15) is 9.59 Å². The Labute approximate surface area is 192 Å². The molecule has 32 heavy (non-hydrogen) atoms. The molecule has 0 saturated carbocycles. The normalized spacial score (nSPS) is 15.0. The number of benzene rings is 2. The van der Waals surface area contributed by atoms with Crippen molar-refractivity contribution in [2.24, 2.45) is 5.92 Å². The fourth-order valence-electron chi connectivity index (χ4n) is 3.68. The maximum Gasteiger partial charge on any atom is 0.257 e. The van der Waals surface area contributed by atoms with Gasteiger partial charge in [0.15, 0.2) is 16.6 Å². The van der Waals surface area contributed by atoms with Crippen LogP contribution in [0.3, 0.4) is 0 Å². The van der Waals surface area contributed by atoms with Gasteiger partial charge in [-0.2, -0.15) is 0 Å². The zero-order valence-corrected chi connectivity index (χ0v) is 18.9. The van der Waals surface area contributed by atoms with Crippen molar-refractivity contribution in [3.63, 3.8) is 0 Å². The number of carbonyl (C=O) groups is 2. The van der Waals surface area contributed by atoms with Gasteiger partial charge in [0.05, 0.1) is 0 Å².